The molecule has 19 heavy (non-hydrogen) atoms. The first-order valence-electron chi connectivity index (χ1n) is 7.63. The van der Waals surface area contributed by atoms with Gasteiger partial charge in [-0.25, -0.2) is 0 Å². The van der Waals surface area contributed by atoms with Crippen molar-refractivity contribution < 1.29 is 5.11 Å². The highest BCUT2D eigenvalue weighted by Gasteiger charge is 2.20. The van der Waals surface area contributed by atoms with Crippen molar-refractivity contribution in [2.24, 2.45) is 0 Å². The number of nitrogens with one attached hydrogen (secondary N) is 1. The summed E-state index contributed by atoms with van der Waals surface area (Å²) < 4.78 is 0. The predicted octanol–water partition coefficient (Wildman–Crippen LogP) is 3.21. The van der Waals surface area contributed by atoms with E-state index in [1.54, 1.807) is 0 Å². The summed E-state index contributed by atoms with van der Waals surface area (Å²) in [6.07, 6.45) is 6.43. The molecule has 2 nitrogen and oxygen atoms in total. The van der Waals surface area contributed by atoms with Crippen molar-refractivity contribution in [2.45, 2.75) is 70.6 Å². The monoisotopic (exact) mass is 261 g/mol. The van der Waals surface area contributed by atoms with Crippen LogP contribution in [0.1, 0.15) is 50.2 Å². The molecule has 106 valence electrons. The molecule has 1 aromatic carbocycles. The highest BCUT2D eigenvalue weighted by Crippen LogP contribution is 2.19. The van der Waals surface area contributed by atoms with Crippen LogP contribution in [-0.4, -0.2) is 23.3 Å². The van der Waals surface area contributed by atoms with E-state index in [-0.39, 0.29) is 6.10 Å². The first-order valence-corrected chi connectivity index (χ1v) is 7.63. The van der Waals surface area contributed by atoms with Gasteiger partial charge in [0.25, 0.3) is 0 Å². The van der Waals surface area contributed by atoms with Crippen molar-refractivity contribution in [3.8, 4) is 0 Å². The van der Waals surface area contributed by atoms with Crippen LogP contribution in [-0.2, 0) is 6.42 Å². The predicted molar refractivity (Wildman–Crippen MR) is 80.4 cm³/mol. The third-order valence-electron chi connectivity index (χ3n) is 4.20. The first kappa shape index (κ1) is 14.5. The molecule has 1 aliphatic carbocycles. The minimum absolute atomic E-state index is 0.0547. The topological polar surface area (TPSA) is 32.3 Å². The Kier molecular flexibility index (Phi) is 5.41. The van der Waals surface area contributed by atoms with Crippen LogP contribution in [0.5, 0.6) is 0 Å². The number of rotatable bonds is 5. The van der Waals surface area contributed by atoms with E-state index in [4.69, 9.17) is 0 Å². The minimum Gasteiger partial charge on any atom is -0.393 e. The van der Waals surface area contributed by atoms with Gasteiger partial charge in [-0.2, -0.15) is 0 Å². The molecule has 1 unspecified atom stereocenters. The maximum absolute atomic E-state index is 9.51. The van der Waals surface area contributed by atoms with Gasteiger partial charge in [-0.3, -0.25) is 0 Å². The average molecular weight is 261 g/mol. The van der Waals surface area contributed by atoms with Crippen molar-refractivity contribution in [3.05, 3.63) is 35.4 Å². The van der Waals surface area contributed by atoms with Gasteiger partial charge in [0.2, 0.25) is 0 Å². The summed E-state index contributed by atoms with van der Waals surface area (Å²) in [5, 5.41) is 13.2. The van der Waals surface area contributed by atoms with Crippen molar-refractivity contribution in [1.82, 2.24) is 5.32 Å². The molecule has 2 rings (SSSR count). The van der Waals surface area contributed by atoms with Crippen LogP contribution in [0.15, 0.2) is 24.3 Å². The number of aryl methyl sites for hydroxylation is 2. The number of hydrogen-bond donors (Lipinski definition) is 2. The van der Waals surface area contributed by atoms with Crippen LogP contribution in [0, 0.1) is 6.92 Å². The Morgan fingerprint density at radius 1 is 1.16 bits per heavy atom. The maximum Gasteiger partial charge on any atom is 0.0541 e. The fourth-order valence-electron chi connectivity index (χ4n) is 2.87. The largest absolute Gasteiger partial charge is 0.393 e. The molecular weight excluding hydrogens is 234 g/mol. The van der Waals surface area contributed by atoms with Crippen LogP contribution in [0.4, 0.5) is 0 Å². The van der Waals surface area contributed by atoms with Crippen LogP contribution in [0.25, 0.3) is 0 Å². The zero-order valence-electron chi connectivity index (χ0n) is 12.2. The lowest BCUT2D eigenvalue weighted by atomic mass is 9.92. The van der Waals surface area contributed by atoms with Gasteiger partial charge in [0.05, 0.1) is 6.10 Å². The Morgan fingerprint density at radius 2 is 1.79 bits per heavy atom. The van der Waals surface area contributed by atoms with Gasteiger partial charge in [-0.05, 0) is 57.9 Å². The molecule has 0 saturated heterocycles. The fraction of sp³-hybridized carbons (Fsp3) is 0.647. The molecule has 2 N–H and O–H groups in total. The smallest absolute Gasteiger partial charge is 0.0541 e. The van der Waals surface area contributed by atoms with E-state index in [0.717, 1.165) is 32.1 Å². The van der Waals surface area contributed by atoms with Gasteiger partial charge >= 0.3 is 0 Å². The third-order valence-corrected chi connectivity index (χ3v) is 4.20. The second-order valence-electron chi connectivity index (χ2n) is 6.10. The summed E-state index contributed by atoms with van der Waals surface area (Å²) in [5.41, 5.74) is 2.76. The van der Waals surface area contributed by atoms with Crippen molar-refractivity contribution in [1.29, 1.82) is 0 Å². The SMILES string of the molecule is Cc1ccc(CCC(C)NC2CCC(O)CC2)cc1. The lowest BCUT2D eigenvalue weighted by molar-refractivity contribution is 0.114. The zero-order valence-corrected chi connectivity index (χ0v) is 12.2. The van der Waals surface area contributed by atoms with Crippen molar-refractivity contribution in [3.63, 3.8) is 0 Å². The number of aliphatic hydroxyl groups is 1. The molecule has 0 radical (unpaired) electrons. The summed E-state index contributed by atoms with van der Waals surface area (Å²) in [4.78, 5) is 0. The van der Waals surface area contributed by atoms with Gasteiger partial charge < -0.3 is 10.4 Å². The molecule has 0 heterocycles. The molecule has 1 aliphatic rings. The highest BCUT2D eigenvalue weighted by atomic mass is 16.3. The second kappa shape index (κ2) is 7.06. The molecule has 0 bridgehead atoms. The summed E-state index contributed by atoms with van der Waals surface area (Å²) in [6.45, 7) is 4.41. The van der Waals surface area contributed by atoms with Gasteiger partial charge in [0.15, 0.2) is 0 Å². The molecular formula is C17H27NO. The van der Waals surface area contributed by atoms with Gasteiger partial charge in [0, 0.05) is 12.1 Å². The average Bonchev–Trinajstić information content (AvgIpc) is 2.41. The van der Waals surface area contributed by atoms with Crippen LogP contribution >= 0.6 is 0 Å². The normalized spacial score (nSPS) is 25.2. The quantitative estimate of drug-likeness (QED) is 0.853. The van der Waals surface area contributed by atoms with E-state index in [1.807, 2.05) is 0 Å². The molecule has 0 aliphatic heterocycles. The Balaban J connectivity index is 1.69. The molecule has 1 aromatic rings. The molecule has 1 atom stereocenters. The first-order chi connectivity index (χ1) is 9.13. The number of benzene rings is 1. The molecule has 0 spiro atoms. The molecule has 1 saturated carbocycles. The molecule has 0 amide bonds. The Hall–Kier alpha value is -0.860. The number of hydrogen-bond acceptors (Lipinski definition) is 2. The Labute approximate surface area is 117 Å². The van der Waals surface area contributed by atoms with E-state index >= 15 is 0 Å². The third kappa shape index (κ3) is 4.96. The van der Waals surface area contributed by atoms with E-state index in [9.17, 15) is 5.11 Å². The summed E-state index contributed by atoms with van der Waals surface area (Å²) >= 11 is 0. The maximum atomic E-state index is 9.51. The van der Waals surface area contributed by atoms with Crippen molar-refractivity contribution in [2.75, 3.05) is 0 Å². The standard InChI is InChI=1S/C17H27NO/c1-13-3-6-15(7-4-13)8-5-14(2)18-16-9-11-17(19)12-10-16/h3-4,6-7,14,16-19H,5,8-12H2,1-2H3. The van der Waals surface area contributed by atoms with Crippen LogP contribution in [0.2, 0.25) is 0 Å². The van der Waals surface area contributed by atoms with Crippen LogP contribution < -0.4 is 5.32 Å². The van der Waals surface area contributed by atoms with Gasteiger partial charge in [0.1, 0.15) is 0 Å². The zero-order chi connectivity index (χ0) is 13.7. The summed E-state index contributed by atoms with van der Waals surface area (Å²) in [6, 6.07) is 10.0. The molecule has 2 heteroatoms. The highest BCUT2D eigenvalue weighted by molar-refractivity contribution is 5.21. The fourth-order valence-corrected chi connectivity index (χ4v) is 2.87. The second-order valence-corrected chi connectivity index (χ2v) is 6.10. The minimum atomic E-state index is -0.0547. The van der Waals surface area contributed by atoms with Crippen LogP contribution in [0.3, 0.4) is 0 Å². The molecule has 1 fully saturated rings. The van der Waals surface area contributed by atoms with E-state index < -0.39 is 0 Å². The number of aliphatic hydroxyl groups excluding tert-OH is 1. The molecule has 0 aromatic heterocycles. The lowest BCUT2D eigenvalue weighted by Gasteiger charge is -2.29. The van der Waals surface area contributed by atoms with Gasteiger partial charge in [-0.1, -0.05) is 29.8 Å². The van der Waals surface area contributed by atoms with E-state index in [2.05, 4.69) is 43.4 Å². The van der Waals surface area contributed by atoms with Gasteiger partial charge in [-0.15, -0.1) is 0 Å². The van der Waals surface area contributed by atoms with E-state index in [1.165, 1.54) is 17.5 Å². The Morgan fingerprint density at radius 3 is 2.42 bits per heavy atom. The summed E-state index contributed by atoms with van der Waals surface area (Å²) in [7, 11) is 0. The summed E-state index contributed by atoms with van der Waals surface area (Å²) in [5.74, 6) is 0. The lowest BCUT2D eigenvalue weighted by Crippen LogP contribution is -2.40. The van der Waals surface area contributed by atoms with E-state index in [0.29, 0.717) is 12.1 Å². The van der Waals surface area contributed by atoms with Crippen molar-refractivity contribution >= 4 is 0 Å². The Bertz CT molecular complexity index is 365.